The number of benzene rings is 1. The van der Waals surface area contributed by atoms with Crippen molar-refractivity contribution in [2.24, 2.45) is 23.7 Å². The summed E-state index contributed by atoms with van der Waals surface area (Å²) in [6.07, 6.45) is -4.07. The SMILES string of the molecule is O=C(Nc1cc(C(F)(F)F)ccc1Cl)[C@H]1[C@H]2C[C@H]3[C@H](OC(=O)[C@@H]31)[C@@H]2Br. The molecule has 3 aliphatic rings. The van der Waals surface area contributed by atoms with E-state index in [1.165, 1.54) is 0 Å². The molecule has 134 valence electrons. The van der Waals surface area contributed by atoms with E-state index in [4.69, 9.17) is 16.3 Å². The second-order valence-corrected chi connectivity index (χ2v) is 8.11. The smallest absolute Gasteiger partial charge is 0.416 e. The summed E-state index contributed by atoms with van der Waals surface area (Å²) < 4.78 is 43.9. The van der Waals surface area contributed by atoms with E-state index in [2.05, 4.69) is 21.2 Å². The van der Waals surface area contributed by atoms with Crippen LogP contribution in [0.2, 0.25) is 5.02 Å². The Kier molecular flexibility index (Phi) is 3.85. The number of carbonyl (C=O) groups is 2. The molecule has 9 heteroatoms. The molecule has 1 aromatic carbocycles. The molecular formula is C16H12BrClF3NO3. The van der Waals surface area contributed by atoms with Gasteiger partial charge in [0.2, 0.25) is 5.91 Å². The van der Waals surface area contributed by atoms with E-state index < -0.39 is 35.5 Å². The van der Waals surface area contributed by atoms with Gasteiger partial charge in [0.25, 0.3) is 0 Å². The summed E-state index contributed by atoms with van der Waals surface area (Å²) in [5.41, 5.74) is -1.02. The molecule has 0 spiro atoms. The minimum atomic E-state index is -4.54. The highest BCUT2D eigenvalue weighted by Crippen LogP contribution is 2.60. The molecule has 1 saturated heterocycles. The van der Waals surface area contributed by atoms with Crippen molar-refractivity contribution in [3.8, 4) is 0 Å². The van der Waals surface area contributed by atoms with Crippen LogP contribution in [0.3, 0.4) is 0 Å². The Morgan fingerprint density at radius 2 is 2.04 bits per heavy atom. The van der Waals surface area contributed by atoms with Gasteiger partial charge in [-0.15, -0.1) is 0 Å². The molecule has 1 N–H and O–H groups in total. The van der Waals surface area contributed by atoms with Crippen molar-refractivity contribution in [3.05, 3.63) is 28.8 Å². The quantitative estimate of drug-likeness (QED) is 0.563. The number of ether oxygens (including phenoxy) is 1. The summed E-state index contributed by atoms with van der Waals surface area (Å²) in [6, 6.07) is 2.74. The van der Waals surface area contributed by atoms with Gasteiger partial charge in [-0.1, -0.05) is 27.5 Å². The number of halogens is 5. The molecule has 1 heterocycles. The van der Waals surface area contributed by atoms with Gasteiger partial charge < -0.3 is 10.1 Å². The number of hydrogen-bond acceptors (Lipinski definition) is 3. The molecule has 3 fully saturated rings. The topological polar surface area (TPSA) is 55.4 Å². The normalized spacial score (nSPS) is 35.8. The van der Waals surface area contributed by atoms with E-state index in [1.54, 1.807) is 0 Å². The predicted octanol–water partition coefficient (Wildman–Crippen LogP) is 3.87. The van der Waals surface area contributed by atoms with Crippen LogP contribution in [0.1, 0.15) is 12.0 Å². The van der Waals surface area contributed by atoms with Crippen molar-refractivity contribution in [2.75, 3.05) is 5.32 Å². The summed E-state index contributed by atoms with van der Waals surface area (Å²) in [7, 11) is 0. The van der Waals surface area contributed by atoms with Crippen molar-refractivity contribution >= 4 is 45.1 Å². The number of amides is 1. The molecule has 0 unspecified atom stereocenters. The number of fused-ring (bicyclic) bond motifs is 1. The second-order valence-electron chi connectivity index (χ2n) is 6.64. The lowest BCUT2D eigenvalue weighted by Gasteiger charge is -2.27. The highest BCUT2D eigenvalue weighted by molar-refractivity contribution is 9.09. The van der Waals surface area contributed by atoms with Gasteiger partial charge in [0.15, 0.2) is 0 Å². The average Bonchev–Trinajstić information content (AvgIpc) is 3.12. The summed E-state index contributed by atoms with van der Waals surface area (Å²) in [4.78, 5) is 24.7. The first-order chi connectivity index (χ1) is 11.7. The zero-order valence-corrected chi connectivity index (χ0v) is 14.9. The van der Waals surface area contributed by atoms with E-state index in [-0.39, 0.29) is 33.5 Å². The molecule has 2 aliphatic carbocycles. The predicted molar refractivity (Wildman–Crippen MR) is 86.3 cm³/mol. The van der Waals surface area contributed by atoms with Crippen LogP contribution in [0.5, 0.6) is 0 Å². The van der Waals surface area contributed by atoms with E-state index in [0.717, 1.165) is 18.2 Å². The zero-order valence-electron chi connectivity index (χ0n) is 12.5. The Morgan fingerprint density at radius 3 is 2.72 bits per heavy atom. The van der Waals surface area contributed by atoms with Gasteiger partial charge in [0.1, 0.15) is 6.10 Å². The van der Waals surface area contributed by atoms with Gasteiger partial charge in [0.05, 0.1) is 32.9 Å². The minimum Gasteiger partial charge on any atom is -0.461 e. The lowest BCUT2D eigenvalue weighted by molar-refractivity contribution is -0.145. The van der Waals surface area contributed by atoms with Crippen molar-refractivity contribution < 1.29 is 27.5 Å². The van der Waals surface area contributed by atoms with Crippen molar-refractivity contribution in [2.45, 2.75) is 23.5 Å². The standard InChI is InChI=1S/C16H12BrClF3NO3/c17-12-6-4-7-11(15(24)25-13(7)12)10(6)14(23)22-9-3-5(16(19,20)21)1-2-8(9)18/h1-3,6-7,10-13H,4H2,(H,22,23)/t6-,7-,10+,11+,12-,13+/m1/s1. The van der Waals surface area contributed by atoms with Gasteiger partial charge in [-0.25, -0.2) is 0 Å². The monoisotopic (exact) mass is 437 g/mol. The summed E-state index contributed by atoms with van der Waals surface area (Å²) in [6.45, 7) is 0. The maximum absolute atomic E-state index is 12.9. The van der Waals surface area contributed by atoms with Crippen LogP contribution in [0, 0.1) is 23.7 Å². The van der Waals surface area contributed by atoms with E-state index in [9.17, 15) is 22.8 Å². The minimum absolute atomic E-state index is 0.00627. The average molecular weight is 439 g/mol. The van der Waals surface area contributed by atoms with Gasteiger partial charge >= 0.3 is 12.1 Å². The molecule has 0 radical (unpaired) electrons. The molecule has 25 heavy (non-hydrogen) atoms. The van der Waals surface area contributed by atoms with E-state index in [1.807, 2.05) is 0 Å². The lowest BCUT2D eigenvalue weighted by atomic mass is 9.79. The van der Waals surface area contributed by atoms with E-state index >= 15 is 0 Å². The first-order valence-corrected chi connectivity index (χ1v) is 9.00. The van der Waals surface area contributed by atoms with Crippen molar-refractivity contribution in [1.82, 2.24) is 0 Å². The number of hydrogen-bond donors (Lipinski definition) is 1. The van der Waals surface area contributed by atoms with Gasteiger partial charge in [-0.2, -0.15) is 13.2 Å². The molecule has 6 atom stereocenters. The second kappa shape index (κ2) is 5.61. The fraction of sp³-hybridized carbons (Fsp3) is 0.500. The third kappa shape index (κ3) is 2.56. The van der Waals surface area contributed by atoms with Gasteiger partial charge in [0, 0.05) is 5.92 Å². The number of alkyl halides is 4. The molecule has 0 aromatic heterocycles. The number of rotatable bonds is 2. The summed E-state index contributed by atoms with van der Waals surface area (Å²) in [5, 5.41) is 2.48. The molecule has 1 amide bonds. The van der Waals surface area contributed by atoms with Crippen molar-refractivity contribution in [3.63, 3.8) is 0 Å². The molecule has 4 rings (SSSR count). The van der Waals surface area contributed by atoms with Crippen LogP contribution >= 0.6 is 27.5 Å². The number of anilines is 1. The number of nitrogens with one attached hydrogen (secondary N) is 1. The van der Waals surface area contributed by atoms with Crippen LogP contribution in [-0.2, 0) is 20.5 Å². The zero-order chi connectivity index (χ0) is 18.1. The molecular weight excluding hydrogens is 427 g/mol. The highest BCUT2D eigenvalue weighted by atomic mass is 79.9. The molecule has 2 bridgehead atoms. The third-order valence-electron chi connectivity index (χ3n) is 5.38. The van der Waals surface area contributed by atoms with Crippen LogP contribution < -0.4 is 5.32 Å². The fourth-order valence-electron chi connectivity index (χ4n) is 4.34. The van der Waals surface area contributed by atoms with Crippen LogP contribution in [-0.4, -0.2) is 22.8 Å². The first-order valence-electron chi connectivity index (χ1n) is 7.70. The largest absolute Gasteiger partial charge is 0.461 e. The van der Waals surface area contributed by atoms with Gasteiger partial charge in [-0.05, 0) is 30.5 Å². The summed E-state index contributed by atoms with van der Waals surface area (Å²) >= 11 is 9.42. The van der Waals surface area contributed by atoms with Crippen LogP contribution in [0.25, 0.3) is 0 Å². The molecule has 1 aliphatic heterocycles. The van der Waals surface area contributed by atoms with Crippen LogP contribution in [0.4, 0.5) is 18.9 Å². The molecule has 2 saturated carbocycles. The van der Waals surface area contributed by atoms with Gasteiger partial charge in [-0.3, -0.25) is 9.59 Å². The number of esters is 1. The third-order valence-corrected chi connectivity index (χ3v) is 6.91. The van der Waals surface area contributed by atoms with E-state index in [0.29, 0.717) is 6.42 Å². The summed E-state index contributed by atoms with van der Waals surface area (Å²) in [5.74, 6) is -2.18. The maximum Gasteiger partial charge on any atom is 0.416 e. The molecule has 1 aromatic rings. The Balaban J connectivity index is 1.60. The Bertz CT molecular complexity index is 771. The van der Waals surface area contributed by atoms with Crippen molar-refractivity contribution in [1.29, 1.82) is 0 Å². The lowest BCUT2D eigenvalue weighted by Crippen LogP contribution is -2.40. The first kappa shape index (κ1) is 17.1. The maximum atomic E-state index is 12.9. The number of carbonyl (C=O) groups excluding carboxylic acids is 2. The Labute approximate surface area is 154 Å². The Morgan fingerprint density at radius 1 is 1.32 bits per heavy atom. The highest BCUT2D eigenvalue weighted by Gasteiger charge is 2.67. The molecule has 4 nitrogen and oxygen atoms in total. The van der Waals surface area contributed by atoms with Crippen LogP contribution in [0.15, 0.2) is 18.2 Å². The Hall–Kier alpha value is -1.28. The fourth-order valence-corrected chi connectivity index (χ4v) is 5.55.